The molecule has 0 spiro atoms. The van der Waals surface area contributed by atoms with E-state index in [1.807, 2.05) is 49.4 Å². The smallest absolute Gasteiger partial charge is 0.296 e. The number of aryl methyl sites for hydroxylation is 2. The number of rotatable bonds is 12. The van der Waals surface area contributed by atoms with Gasteiger partial charge in [0.1, 0.15) is 22.0 Å². The Balaban J connectivity index is 1.21. The van der Waals surface area contributed by atoms with Crippen molar-refractivity contribution < 1.29 is 31.2 Å². The second-order valence-electron chi connectivity index (χ2n) is 12.0. The summed E-state index contributed by atoms with van der Waals surface area (Å²) in [6.07, 6.45) is 0. The van der Waals surface area contributed by atoms with Gasteiger partial charge in [0.05, 0.1) is 29.1 Å². The van der Waals surface area contributed by atoms with Crippen molar-refractivity contribution in [3.05, 3.63) is 132 Å². The quantitative estimate of drug-likeness (QED) is 0.0462. The van der Waals surface area contributed by atoms with E-state index in [2.05, 4.69) is 26.4 Å². The molecule has 266 valence electrons. The maximum atomic E-state index is 13.0. The average molecular weight is 738 g/mol. The number of hydrogen-bond donors (Lipinski definition) is 5. The number of hydrazine groups is 1. The van der Waals surface area contributed by atoms with Gasteiger partial charge in [0.25, 0.3) is 10.1 Å². The Labute approximate surface area is 301 Å². The minimum Gasteiger partial charge on any atom is -0.505 e. The van der Waals surface area contributed by atoms with Crippen molar-refractivity contribution in [3.8, 4) is 11.5 Å². The summed E-state index contributed by atoms with van der Waals surface area (Å²) in [4.78, 5) is -0.420. The van der Waals surface area contributed by atoms with Gasteiger partial charge in [-0.15, -0.1) is 10.2 Å². The molecular formula is C38H35N5O7S2. The third-order valence-corrected chi connectivity index (χ3v) is 10.8. The van der Waals surface area contributed by atoms with Crippen LogP contribution >= 0.6 is 0 Å². The van der Waals surface area contributed by atoms with Gasteiger partial charge in [-0.2, -0.15) is 8.42 Å². The minimum absolute atomic E-state index is 0.105. The summed E-state index contributed by atoms with van der Waals surface area (Å²) in [5.74, 6) is -0.319. The molecule has 0 heterocycles. The molecule has 0 aliphatic rings. The van der Waals surface area contributed by atoms with E-state index in [0.29, 0.717) is 39.0 Å². The molecule has 0 fully saturated rings. The fourth-order valence-electron chi connectivity index (χ4n) is 5.44. The summed E-state index contributed by atoms with van der Waals surface area (Å²) in [6, 6.07) is 32.6. The lowest BCUT2D eigenvalue weighted by molar-refractivity contribution is 0.416. The average Bonchev–Trinajstić information content (AvgIpc) is 3.11. The number of anilines is 4. The van der Waals surface area contributed by atoms with E-state index in [-0.39, 0.29) is 22.1 Å². The van der Waals surface area contributed by atoms with Crippen LogP contribution in [0, 0.1) is 13.8 Å². The summed E-state index contributed by atoms with van der Waals surface area (Å²) >= 11 is 0. The van der Waals surface area contributed by atoms with Crippen LogP contribution in [-0.2, 0) is 25.7 Å². The Morgan fingerprint density at radius 3 is 2.10 bits per heavy atom. The molecule has 0 bridgehead atoms. The molecule has 6 rings (SSSR count). The van der Waals surface area contributed by atoms with Gasteiger partial charge in [-0.1, -0.05) is 48.0 Å². The first-order valence-corrected chi connectivity index (χ1v) is 19.0. The van der Waals surface area contributed by atoms with Crippen LogP contribution in [0.5, 0.6) is 11.5 Å². The molecule has 0 saturated carbocycles. The van der Waals surface area contributed by atoms with Crippen molar-refractivity contribution in [2.24, 2.45) is 10.2 Å². The zero-order valence-electron chi connectivity index (χ0n) is 28.3. The van der Waals surface area contributed by atoms with Gasteiger partial charge >= 0.3 is 0 Å². The molecule has 0 atom stereocenters. The Morgan fingerprint density at radius 2 is 1.42 bits per heavy atom. The van der Waals surface area contributed by atoms with Crippen LogP contribution in [-0.4, -0.2) is 33.6 Å². The van der Waals surface area contributed by atoms with Crippen molar-refractivity contribution in [2.75, 3.05) is 23.3 Å². The van der Waals surface area contributed by atoms with Crippen molar-refractivity contribution in [1.82, 2.24) is 0 Å². The van der Waals surface area contributed by atoms with Gasteiger partial charge in [0, 0.05) is 22.8 Å². The SMILES string of the molecule is COc1cc(NNc2ccc(S(=O)(=O)Cc3ccc(C)cc3)cc2)c(C)cc1N=Nc1c(S(=O)(=O)O)cc2cc(Nc3ccccc3)ccc2c1O. The van der Waals surface area contributed by atoms with Crippen molar-refractivity contribution in [3.63, 3.8) is 0 Å². The number of phenols is 1. The molecule has 0 radical (unpaired) electrons. The Hall–Kier alpha value is -5.96. The third-order valence-electron chi connectivity index (χ3n) is 8.21. The molecule has 6 aromatic carbocycles. The van der Waals surface area contributed by atoms with E-state index in [9.17, 15) is 26.5 Å². The van der Waals surface area contributed by atoms with E-state index in [0.717, 1.165) is 11.3 Å². The first-order valence-electron chi connectivity index (χ1n) is 15.9. The van der Waals surface area contributed by atoms with Gasteiger partial charge < -0.3 is 26.0 Å². The molecule has 14 heteroatoms. The van der Waals surface area contributed by atoms with Gasteiger partial charge in [-0.25, -0.2) is 8.42 Å². The summed E-state index contributed by atoms with van der Waals surface area (Å²) in [7, 11) is -6.95. The predicted octanol–water partition coefficient (Wildman–Crippen LogP) is 8.99. The molecule has 12 nitrogen and oxygen atoms in total. The number of fused-ring (bicyclic) bond motifs is 1. The Morgan fingerprint density at radius 1 is 0.731 bits per heavy atom. The molecular weight excluding hydrogens is 703 g/mol. The highest BCUT2D eigenvalue weighted by atomic mass is 32.2. The number of phenolic OH excluding ortho intramolecular Hbond substituents is 1. The summed E-state index contributed by atoms with van der Waals surface area (Å²) < 4.78 is 66.4. The molecule has 0 amide bonds. The van der Waals surface area contributed by atoms with Gasteiger partial charge in [-0.3, -0.25) is 4.55 Å². The van der Waals surface area contributed by atoms with Crippen molar-refractivity contribution in [1.29, 1.82) is 0 Å². The third kappa shape index (κ3) is 8.15. The number of nitrogens with one attached hydrogen (secondary N) is 3. The van der Waals surface area contributed by atoms with Gasteiger partial charge in [-0.05, 0) is 97.1 Å². The van der Waals surface area contributed by atoms with Crippen molar-refractivity contribution >= 4 is 64.9 Å². The maximum absolute atomic E-state index is 13.0. The number of sulfone groups is 1. The fraction of sp³-hybridized carbons (Fsp3) is 0.105. The summed E-state index contributed by atoms with van der Waals surface area (Å²) in [5, 5.41) is 23.3. The molecule has 52 heavy (non-hydrogen) atoms. The van der Waals surface area contributed by atoms with Crippen LogP contribution in [0.2, 0.25) is 0 Å². The summed E-state index contributed by atoms with van der Waals surface area (Å²) in [5.41, 5.74) is 11.0. The molecule has 0 aliphatic heterocycles. The zero-order valence-corrected chi connectivity index (χ0v) is 30.0. The van der Waals surface area contributed by atoms with E-state index in [4.69, 9.17) is 4.74 Å². The lowest BCUT2D eigenvalue weighted by atomic mass is 10.1. The summed E-state index contributed by atoms with van der Waals surface area (Å²) in [6.45, 7) is 3.74. The Bertz CT molecular complexity index is 2510. The van der Waals surface area contributed by atoms with E-state index >= 15 is 0 Å². The topological polar surface area (TPSA) is 179 Å². The predicted molar refractivity (Wildman–Crippen MR) is 203 cm³/mol. The van der Waals surface area contributed by atoms with E-state index < -0.39 is 36.3 Å². The largest absolute Gasteiger partial charge is 0.505 e. The lowest BCUT2D eigenvalue weighted by Crippen LogP contribution is -2.10. The molecule has 0 unspecified atom stereocenters. The van der Waals surface area contributed by atoms with Crippen LogP contribution < -0.4 is 20.9 Å². The lowest BCUT2D eigenvalue weighted by Gasteiger charge is -2.15. The molecule has 6 aromatic rings. The number of nitrogens with zero attached hydrogens (tertiary/aromatic N) is 2. The van der Waals surface area contributed by atoms with Gasteiger partial charge in [0.15, 0.2) is 15.6 Å². The maximum Gasteiger partial charge on any atom is 0.296 e. The second-order valence-corrected chi connectivity index (χ2v) is 15.4. The van der Waals surface area contributed by atoms with Crippen LogP contribution in [0.4, 0.5) is 34.1 Å². The highest BCUT2D eigenvalue weighted by molar-refractivity contribution is 7.90. The van der Waals surface area contributed by atoms with Crippen LogP contribution in [0.25, 0.3) is 10.8 Å². The fourth-order valence-corrected chi connectivity index (χ4v) is 7.44. The van der Waals surface area contributed by atoms with Gasteiger partial charge in [0.2, 0.25) is 0 Å². The molecule has 0 aliphatic carbocycles. The van der Waals surface area contributed by atoms with E-state index in [1.165, 1.54) is 25.3 Å². The zero-order chi connectivity index (χ0) is 37.0. The first kappa shape index (κ1) is 35.9. The molecule has 0 saturated heterocycles. The van der Waals surface area contributed by atoms with E-state index in [1.54, 1.807) is 61.5 Å². The van der Waals surface area contributed by atoms with Crippen LogP contribution in [0.1, 0.15) is 16.7 Å². The van der Waals surface area contributed by atoms with Crippen LogP contribution in [0.15, 0.2) is 135 Å². The number of ether oxygens (including phenoxy) is 1. The second kappa shape index (κ2) is 14.7. The minimum atomic E-state index is -4.83. The number of hydrogen-bond acceptors (Lipinski definition) is 11. The molecule has 5 N–H and O–H groups in total. The first-order chi connectivity index (χ1) is 24.8. The number of azo groups is 1. The Kier molecular flexibility index (Phi) is 10.1. The van der Waals surface area contributed by atoms with Crippen LogP contribution in [0.3, 0.4) is 0 Å². The highest BCUT2D eigenvalue weighted by Gasteiger charge is 2.23. The number of methoxy groups -OCH3 is 1. The number of benzene rings is 6. The normalized spacial score (nSPS) is 11.8. The monoisotopic (exact) mass is 737 g/mol. The van der Waals surface area contributed by atoms with Crippen molar-refractivity contribution in [2.45, 2.75) is 29.4 Å². The number of aromatic hydroxyl groups is 1. The standard InChI is InChI=1S/C38H35N5O7S2/c1-24-9-11-26(12-10-24)23-51(45,46)31-16-13-29(14-17-31)40-41-33-22-35(50-3)34(19-25(33)2)42-43-37-36(52(47,48)49)21-27-20-30(15-18-32(27)38(37)44)39-28-7-5-4-6-8-28/h4-22,39-41,44H,23H2,1-3H3,(H,47,48,49). The number of para-hydroxylation sites is 1. The highest BCUT2D eigenvalue weighted by Crippen LogP contribution is 2.43. The molecule has 0 aromatic heterocycles.